The van der Waals surface area contributed by atoms with Gasteiger partial charge in [0.15, 0.2) is 0 Å². The summed E-state index contributed by atoms with van der Waals surface area (Å²) in [6.07, 6.45) is -0.905. The molecule has 0 bridgehead atoms. The van der Waals surface area contributed by atoms with Crippen LogP contribution in [0.1, 0.15) is 5.56 Å². The van der Waals surface area contributed by atoms with Gasteiger partial charge in [0.05, 0.1) is 0 Å². The zero-order valence-corrected chi connectivity index (χ0v) is 12.4. The Kier molecular flexibility index (Phi) is 7.40. The van der Waals surface area contributed by atoms with E-state index in [1.165, 1.54) is 31.3 Å². The van der Waals surface area contributed by atoms with Crippen LogP contribution in [0.25, 0.3) is 0 Å². The van der Waals surface area contributed by atoms with E-state index in [1.807, 2.05) is 0 Å². The third-order valence-electron chi connectivity index (χ3n) is 1.88. The third kappa shape index (κ3) is 7.03. The van der Waals surface area contributed by atoms with Crippen molar-refractivity contribution in [2.24, 2.45) is 0 Å². The van der Waals surface area contributed by atoms with Crippen molar-refractivity contribution in [3.05, 3.63) is 35.6 Å². The molecule has 0 saturated heterocycles. The molecular weight excluding hydrogens is 248 g/mol. The first-order chi connectivity index (χ1) is 6.87. The molecule has 7 heteroatoms. The molecule has 0 aliphatic rings. The van der Waals surface area contributed by atoms with Crippen LogP contribution in [-0.2, 0) is 6.54 Å². The van der Waals surface area contributed by atoms with E-state index in [0.717, 1.165) is 4.90 Å². The van der Waals surface area contributed by atoms with Crippen LogP contribution in [0.2, 0.25) is 0 Å². The second kappa shape index (κ2) is 7.13. The molecule has 84 valence electrons. The quantitative estimate of drug-likeness (QED) is 0.527. The molecule has 0 unspecified atom stereocenters. The average molecular weight is 259 g/mol. The van der Waals surface area contributed by atoms with Crippen LogP contribution in [-0.4, -0.2) is 25.4 Å². The van der Waals surface area contributed by atoms with E-state index in [0.29, 0.717) is 5.56 Å². The second-order valence-corrected chi connectivity index (χ2v) is 3.53. The molecule has 0 aromatic heterocycles. The minimum Gasteiger partial charge on any atom is -0.448 e. The van der Waals surface area contributed by atoms with Gasteiger partial charge in [-0.15, -0.1) is 0 Å². The largest absolute Gasteiger partial charge is 1.00 e. The van der Waals surface area contributed by atoms with Crippen molar-refractivity contribution >= 4 is 6.98 Å². The van der Waals surface area contributed by atoms with E-state index in [4.69, 9.17) is 0 Å². The standard InChI is InChI=1S/C9H11BF4N.K/c1-15(7-10(12,13)14)6-8-2-4-9(11)5-3-8;/h2-5H,6-7H2,1H3;/q-1;+1. The molecule has 0 amide bonds. The Morgan fingerprint density at radius 2 is 1.62 bits per heavy atom. The van der Waals surface area contributed by atoms with E-state index in [1.54, 1.807) is 0 Å². The fourth-order valence-corrected chi connectivity index (χ4v) is 1.32. The van der Waals surface area contributed by atoms with E-state index >= 15 is 0 Å². The van der Waals surface area contributed by atoms with Gasteiger partial charge < -0.3 is 17.8 Å². The Labute approximate surface area is 135 Å². The Morgan fingerprint density at radius 3 is 2.06 bits per heavy atom. The second-order valence-electron chi connectivity index (χ2n) is 3.53. The van der Waals surface area contributed by atoms with Crippen LogP contribution < -0.4 is 51.4 Å². The summed E-state index contributed by atoms with van der Waals surface area (Å²) in [5.41, 5.74) is 0.666. The van der Waals surface area contributed by atoms with Gasteiger partial charge in [0.1, 0.15) is 5.82 Å². The van der Waals surface area contributed by atoms with Crippen molar-refractivity contribution < 1.29 is 68.7 Å². The van der Waals surface area contributed by atoms with Crippen LogP contribution >= 0.6 is 0 Å². The first-order valence-corrected chi connectivity index (χ1v) is 4.51. The van der Waals surface area contributed by atoms with Gasteiger partial charge in [0, 0.05) is 6.54 Å². The Morgan fingerprint density at radius 1 is 1.12 bits per heavy atom. The number of hydrogen-bond donors (Lipinski definition) is 0. The van der Waals surface area contributed by atoms with Crippen molar-refractivity contribution in [2.75, 3.05) is 13.5 Å². The van der Waals surface area contributed by atoms with Crippen molar-refractivity contribution in [1.29, 1.82) is 0 Å². The van der Waals surface area contributed by atoms with E-state index in [-0.39, 0.29) is 63.7 Å². The van der Waals surface area contributed by atoms with Crippen molar-refractivity contribution in [3.63, 3.8) is 0 Å². The number of nitrogens with zero attached hydrogens (tertiary/aromatic N) is 1. The molecule has 16 heavy (non-hydrogen) atoms. The summed E-state index contributed by atoms with van der Waals surface area (Å²) in [5.74, 6) is -0.388. The predicted octanol–water partition coefficient (Wildman–Crippen LogP) is -0.352. The molecule has 1 rings (SSSR count). The van der Waals surface area contributed by atoms with E-state index in [2.05, 4.69) is 0 Å². The van der Waals surface area contributed by atoms with Crippen LogP contribution in [0.4, 0.5) is 17.3 Å². The topological polar surface area (TPSA) is 3.24 Å². The summed E-state index contributed by atoms with van der Waals surface area (Å²) in [4.78, 5) is 1.16. The fraction of sp³-hybridized carbons (Fsp3) is 0.333. The average Bonchev–Trinajstić information content (AvgIpc) is 2.05. The molecule has 0 heterocycles. The van der Waals surface area contributed by atoms with Gasteiger partial charge in [-0.1, -0.05) is 12.1 Å². The van der Waals surface area contributed by atoms with Crippen LogP contribution in [0, 0.1) is 5.82 Å². The van der Waals surface area contributed by atoms with E-state index in [9.17, 15) is 17.3 Å². The Balaban J connectivity index is 0.00000225. The van der Waals surface area contributed by atoms with Gasteiger partial charge in [-0.2, -0.15) is 0 Å². The van der Waals surface area contributed by atoms with Gasteiger partial charge in [0.2, 0.25) is 0 Å². The summed E-state index contributed by atoms with van der Waals surface area (Å²) in [6, 6.07) is 5.44. The molecular formula is C9H11BF4KN. The number of benzene rings is 1. The first-order valence-electron chi connectivity index (χ1n) is 4.51. The van der Waals surface area contributed by atoms with Gasteiger partial charge >= 0.3 is 58.4 Å². The molecule has 0 atom stereocenters. The fourth-order valence-electron chi connectivity index (χ4n) is 1.32. The summed E-state index contributed by atoms with van der Waals surface area (Å²) < 4.78 is 48.6. The zero-order chi connectivity index (χ0) is 11.5. The van der Waals surface area contributed by atoms with E-state index < -0.39 is 13.4 Å². The van der Waals surface area contributed by atoms with Crippen LogP contribution in [0.5, 0.6) is 0 Å². The smallest absolute Gasteiger partial charge is 0.448 e. The SMILES string of the molecule is CN(Cc1ccc(F)cc1)C[B-](F)(F)F.[K+]. The molecule has 0 radical (unpaired) electrons. The maximum atomic E-state index is 12.5. The maximum absolute atomic E-state index is 12.5. The molecule has 0 aliphatic heterocycles. The first kappa shape index (κ1) is 16.6. The minimum absolute atomic E-state index is 0. The normalized spacial score (nSPS) is 11.4. The molecule has 0 fully saturated rings. The molecule has 1 nitrogen and oxygen atoms in total. The Hall–Kier alpha value is 0.601. The van der Waals surface area contributed by atoms with Crippen LogP contribution in [0.3, 0.4) is 0 Å². The van der Waals surface area contributed by atoms with Gasteiger partial charge in [-0.05, 0) is 31.2 Å². The molecule has 0 aliphatic carbocycles. The third-order valence-corrected chi connectivity index (χ3v) is 1.88. The number of hydrogen-bond acceptors (Lipinski definition) is 1. The monoisotopic (exact) mass is 259 g/mol. The molecule has 0 spiro atoms. The van der Waals surface area contributed by atoms with Gasteiger partial charge in [-0.3, -0.25) is 0 Å². The van der Waals surface area contributed by atoms with Gasteiger partial charge in [0.25, 0.3) is 0 Å². The summed E-state index contributed by atoms with van der Waals surface area (Å²) >= 11 is 0. The molecule has 0 N–H and O–H groups in total. The Bertz CT molecular complexity index is 314. The maximum Gasteiger partial charge on any atom is 1.00 e. The zero-order valence-electron chi connectivity index (χ0n) is 9.26. The van der Waals surface area contributed by atoms with Crippen molar-refractivity contribution in [2.45, 2.75) is 6.54 Å². The molecule has 1 aromatic carbocycles. The summed E-state index contributed by atoms with van der Waals surface area (Å²) in [6.45, 7) is -4.63. The van der Waals surface area contributed by atoms with Crippen molar-refractivity contribution in [3.8, 4) is 0 Å². The van der Waals surface area contributed by atoms with Crippen LogP contribution in [0.15, 0.2) is 24.3 Å². The summed E-state index contributed by atoms with van der Waals surface area (Å²) in [5, 5.41) is 0. The van der Waals surface area contributed by atoms with Crippen molar-refractivity contribution in [1.82, 2.24) is 4.90 Å². The minimum atomic E-state index is -4.80. The molecule has 0 saturated carbocycles. The number of rotatable bonds is 4. The molecule has 1 aromatic rings. The number of halogens is 4. The summed E-state index contributed by atoms with van der Waals surface area (Å²) in [7, 11) is 1.39. The predicted molar refractivity (Wildman–Crippen MR) is 51.8 cm³/mol. The van der Waals surface area contributed by atoms with Gasteiger partial charge in [-0.25, -0.2) is 4.39 Å².